The molecule has 1 fully saturated rings. The molecule has 4 N–H and O–H groups in total. The zero-order valence-electron chi connectivity index (χ0n) is 11.0. The molecule has 1 aliphatic rings. The lowest BCUT2D eigenvalue weighted by atomic mass is 9.92. The van der Waals surface area contributed by atoms with Crippen LogP contribution in [-0.2, 0) is 4.79 Å². The van der Waals surface area contributed by atoms with Crippen LogP contribution >= 0.6 is 0 Å². The Morgan fingerprint density at radius 3 is 2.58 bits per heavy atom. The summed E-state index contributed by atoms with van der Waals surface area (Å²) in [5.74, 6) is -0.729. The van der Waals surface area contributed by atoms with Crippen molar-refractivity contribution in [2.45, 2.75) is 25.8 Å². The van der Waals surface area contributed by atoms with Gasteiger partial charge in [0, 0.05) is 18.3 Å². The van der Waals surface area contributed by atoms with E-state index in [1.54, 1.807) is 29.2 Å². The summed E-state index contributed by atoms with van der Waals surface area (Å²) in [6.45, 7) is 2.36. The van der Waals surface area contributed by atoms with E-state index in [-0.39, 0.29) is 23.8 Å². The smallest absolute Gasteiger partial charge is 0.256 e. The standard InChI is InChI=1S/C14H19N3O2/c1-9-6-7-10(13(16)18)8-17(9)14(19)11-4-2-3-5-12(11)15/h2-5,9-10H,6-8,15H2,1H3,(H2,16,18). The van der Waals surface area contributed by atoms with Crippen molar-refractivity contribution >= 4 is 17.5 Å². The molecule has 102 valence electrons. The van der Waals surface area contributed by atoms with E-state index >= 15 is 0 Å². The number of para-hydroxylation sites is 1. The SMILES string of the molecule is CC1CCC(C(N)=O)CN1C(=O)c1ccccc1N. The van der Waals surface area contributed by atoms with Crippen LogP contribution in [0.15, 0.2) is 24.3 Å². The van der Waals surface area contributed by atoms with E-state index in [4.69, 9.17) is 11.5 Å². The number of hydrogen-bond donors (Lipinski definition) is 2. The number of nitrogens with zero attached hydrogens (tertiary/aromatic N) is 1. The van der Waals surface area contributed by atoms with Crippen molar-refractivity contribution in [3.8, 4) is 0 Å². The predicted octanol–water partition coefficient (Wildman–Crippen LogP) is 0.995. The third-order valence-corrected chi connectivity index (χ3v) is 3.74. The van der Waals surface area contributed by atoms with Gasteiger partial charge in [-0.15, -0.1) is 0 Å². The Morgan fingerprint density at radius 1 is 1.26 bits per heavy atom. The molecule has 19 heavy (non-hydrogen) atoms. The zero-order valence-corrected chi connectivity index (χ0v) is 11.0. The number of benzene rings is 1. The predicted molar refractivity (Wildman–Crippen MR) is 73.3 cm³/mol. The molecule has 0 aliphatic carbocycles. The van der Waals surface area contributed by atoms with Gasteiger partial charge in [-0.2, -0.15) is 0 Å². The van der Waals surface area contributed by atoms with Gasteiger partial charge in [-0.05, 0) is 31.9 Å². The number of anilines is 1. The van der Waals surface area contributed by atoms with Crippen LogP contribution in [0.5, 0.6) is 0 Å². The molecule has 2 atom stereocenters. The van der Waals surface area contributed by atoms with Gasteiger partial charge in [0.1, 0.15) is 0 Å². The van der Waals surface area contributed by atoms with Crippen molar-refractivity contribution < 1.29 is 9.59 Å². The van der Waals surface area contributed by atoms with Gasteiger partial charge in [-0.1, -0.05) is 12.1 Å². The molecule has 0 radical (unpaired) electrons. The molecular weight excluding hydrogens is 242 g/mol. The van der Waals surface area contributed by atoms with Gasteiger partial charge in [0.2, 0.25) is 5.91 Å². The minimum Gasteiger partial charge on any atom is -0.398 e. The summed E-state index contributed by atoms with van der Waals surface area (Å²) in [7, 11) is 0. The van der Waals surface area contributed by atoms with Gasteiger partial charge in [0.05, 0.1) is 11.5 Å². The Balaban J connectivity index is 2.22. The van der Waals surface area contributed by atoms with E-state index in [0.717, 1.165) is 12.8 Å². The minimum atomic E-state index is -0.342. The molecule has 0 aromatic heterocycles. The highest BCUT2D eigenvalue weighted by Crippen LogP contribution is 2.25. The fraction of sp³-hybridized carbons (Fsp3) is 0.429. The second-order valence-electron chi connectivity index (χ2n) is 5.07. The van der Waals surface area contributed by atoms with Crippen LogP contribution < -0.4 is 11.5 Å². The fourth-order valence-corrected chi connectivity index (χ4v) is 2.47. The van der Waals surface area contributed by atoms with E-state index < -0.39 is 0 Å². The molecule has 1 heterocycles. The Labute approximate surface area is 112 Å². The first-order valence-electron chi connectivity index (χ1n) is 6.45. The summed E-state index contributed by atoms with van der Waals surface area (Å²) < 4.78 is 0. The Hall–Kier alpha value is -2.04. The van der Waals surface area contributed by atoms with Gasteiger partial charge in [0.25, 0.3) is 5.91 Å². The summed E-state index contributed by atoms with van der Waals surface area (Å²) in [4.78, 5) is 25.5. The first-order valence-corrected chi connectivity index (χ1v) is 6.45. The maximum atomic E-state index is 12.5. The average Bonchev–Trinajstić information content (AvgIpc) is 2.38. The van der Waals surface area contributed by atoms with Crippen molar-refractivity contribution in [2.24, 2.45) is 11.7 Å². The third kappa shape index (κ3) is 2.70. The molecule has 2 unspecified atom stereocenters. The third-order valence-electron chi connectivity index (χ3n) is 3.74. The number of carbonyl (C=O) groups is 2. The highest BCUT2D eigenvalue weighted by atomic mass is 16.2. The second-order valence-corrected chi connectivity index (χ2v) is 5.07. The van der Waals surface area contributed by atoms with Crippen molar-refractivity contribution in [3.63, 3.8) is 0 Å². The van der Waals surface area contributed by atoms with Crippen LogP contribution in [0, 0.1) is 5.92 Å². The van der Waals surface area contributed by atoms with Gasteiger partial charge in [0.15, 0.2) is 0 Å². The Morgan fingerprint density at radius 2 is 1.95 bits per heavy atom. The number of carbonyl (C=O) groups excluding carboxylic acids is 2. The van der Waals surface area contributed by atoms with E-state index in [2.05, 4.69) is 0 Å². The number of primary amides is 1. The number of rotatable bonds is 2. The molecule has 1 aromatic rings. The normalized spacial score (nSPS) is 23.1. The van der Waals surface area contributed by atoms with Gasteiger partial charge in [-0.25, -0.2) is 0 Å². The molecule has 0 spiro atoms. The summed E-state index contributed by atoms with van der Waals surface area (Å²) in [6, 6.07) is 7.08. The van der Waals surface area contributed by atoms with Crippen LogP contribution in [0.4, 0.5) is 5.69 Å². The van der Waals surface area contributed by atoms with E-state index in [1.807, 2.05) is 6.92 Å². The average molecular weight is 261 g/mol. The van der Waals surface area contributed by atoms with Crippen LogP contribution in [-0.4, -0.2) is 29.3 Å². The van der Waals surface area contributed by atoms with Gasteiger partial charge in [-0.3, -0.25) is 9.59 Å². The van der Waals surface area contributed by atoms with Crippen molar-refractivity contribution in [2.75, 3.05) is 12.3 Å². The quantitative estimate of drug-likeness (QED) is 0.778. The lowest BCUT2D eigenvalue weighted by molar-refractivity contribution is -0.123. The zero-order chi connectivity index (χ0) is 14.0. The Bertz CT molecular complexity index is 501. The molecule has 1 saturated heterocycles. The van der Waals surface area contributed by atoms with Crippen LogP contribution in [0.3, 0.4) is 0 Å². The maximum absolute atomic E-state index is 12.5. The molecule has 0 bridgehead atoms. The lowest BCUT2D eigenvalue weighted by Gasteiger charge is -2.37. The monoisotopic (exact) mass is 261 g/mol. The molecule has 0 saturated carbocycles. The van der Waals surface area contributed by atoms with Crippen molar-refractivity contribution in [3.05, 3.63) is 29.8 Å². The molecule has 1 aliphatic heterocycles. The summed E-state index contributed by atoms with van der Waals surface area (Å²) in [6.07, 6.45) is 1.52. The molecule has 5 nitrogen and oxygen atoms in total. The number of piperidine rings is 1. The number of amides is 2. The fourth-order valence-electron chi connectivity index (χ4n) is 2.47. The number of nitrogen functional groups attached to an aromatic ring is 1. The van der Waals surface area contributed by atoms with E-state index in [0.29, 0.717) is 17.8 Å². The van der Waals surface area contributed by atoms with Gasteiger partial charge < -0.3 is 16.4 Å². The van der Waals surface area contributed by atoms with Gasteiger partial charge >= 0.3 is 0 Å². The van der Waals surface area contributed by atoms with Crippen LogP contribution in [0.2, 0.25) is 0 Å². The van der Waals surface area contributed by atoms with E-state index in [9.17, 15) is 9.59 Å². The number of hydrogen-bond acceptors (Lipinski definition) is 3. The lowest BCUT2D eigenvalue weighted by Crippen LogP contribution is -2.48. The first-order chi connectivity index (χ1) is 9.00. The first kappa shape index (κ1) is 13.4. The number of likely N-dealkylation sites (tertiary alicyclic amines) is 1. The number of nitrogens with two attached hydrogens (primary N) is 2. The summed E-state index contributed by atoms with van der Waals surface area (Å²) >= 11 is 0. The molecule has 1 aromatic carbocycles. The van der Waals surface area contributed by atoms with Crippen molar-refractivity contribution in [1.82, 2.24) is 4.90 Å². The van der Waals surface area contributed by atoms with Crippen molar-refractivity contribution in [1.29, 1.82) is 0 Å². The largest absolute Gasteiger partial charge is 0.398 e. The summed E-state index contributed by atoms with van der Waals surface area (Å²) in [5.41, 5.74) is 12.1. The Kier molecular flexibility index (Phi) is 3.74. The highest BCUT2D eigenvalue weighted by molar-refractivity contribution is 5.99. The molecular formula is C14H19N3O2. The molecule has 2 rings (SSSR count). The second kappa shape index (κ2) is 5.30. The van der Waals surface area contributed by atoms with E-state index in [1.165, 1.54) is 0 Å². The molecule has 5 heteroatoms. The van der Waals surface area contributed by atoms with Crippen LogP contribution in [0.1, 0.15) is 30.1 Å². The highest BCUT2D eigenvalue weighted by Gasteiger charge is 2.32. The maximum Gasteiger partial charge on any atom is 0.256 e. The summed E-state index contributed by atoms with van der Waals surface area (Å²) in [5, 5.41) is 0. The van der Waals surface area contributed by atoms with Crippen LogP contribution in [0.25, 0.3) is 0 Å². The molecule has 2 amide bonds. The topological polar surface area (TPSA) is 89.4 Å². The minimum absolute atomic E-state index is 0.0997.